The van der Waals surface area contributed by atoms with Crippen LogP contribution >= 0.6 is 0 Å². The summed E-state index contributed by atoms with van der Waals surface area (Å²) in [6.07, 6.45) is 0. The summed E-state index contributed by atoms with van der Waals surface area (Å²) in [5.74, 6) is 1.27. The minimum Gasteiger partial charge on any atom is -0.490 e. The van der Waals surface area contributed by atoms with E-state index < -0.39 is 0 Å². The second-order valence-corrected chi connectivity index (χ2v) is 4.26. The SMILES string of the molecule is COc1nn(C)c(C(C)(C)C)c1OC. The van der Waals surface area contributed by atoms with Crippen molar-refractivity contribution in [2.45, 2.75) is 26.2 Å². The van der Waals surface area contributed by atoms with E-state index in [0.29, 0.717) is 5.88 Å². The summed E-state index contributed by atoms with van der Waals surface area (Å²) >= 11 is 0. The first kappa shape index (κ1) is 10.9. The van der Waals surface area contributed by atoms with Crippen molar-refractivity contribution in [1.82, 2.24) is 9.78 Å². The van der Waals surface area contributed by atoms with Crippen molar-refractivity contribution in [2.75, 3.05) is 14.2 Å². The van der Waals surface area contributed by atoms with Gasteiger partial charge < -0.3 is 9.47 Å². The van der Waals surface area contributed by atoms with Crippen molar-refractivity contribution in [2.24, 2.45) is 7.05 Å². The van der Waals surface area contributed by atoms with Crippen LogP contribution in [-0.2, 0) is 12.5 Å². The van der Waals surface area contributed by atoms with Crippen molar-refractivity contribution < 1.29 is 9.47 Å². The highest BCUT2D eigenvalue weighted by Gasteiger charge is 2.27. The Morgan fingerprint density at radius 3 is 2.07 bits per heavy atom. The standard InChI is InChI=1S/C10H18N2O2/c1-10(2,3)8-7(13-5)9(14-6)11-12(8)4/h1-6H3. The van der Waals surface area contributed by atoms with Crippen LogP contribution in [0.3, 0.4) is 0 Å². The molecule has 14 heavy (non-hydrogen) atoms. The maximum Gasteiger partial charge on any atom is 0.275 e. The zero-order valence-electron chi connectivity index (χ0n) is 9.71. The van der Waals surface area contributed by atoms with Gasteiger partial charge in [-0.25, -0.2) is 0 Å². The normalized spacial score (nSPS) is 11.6. The van der Waals surface area contributed by atoms with E-state index >= 15 is 0 Å². The van der Waals surface area contributed by atoms with Gasteiger partial charge >= 0.3 is 0 Å². The molecule has 0 N–H and O–H groups in total. The number of ether oxygens (including phenoxy) is 2. The Bertz CT molecular complexity index is 324. The Morgan fingerprint density at radius 2 is 1.71 bits per heavy atom. The molecule has 0 aliphatic heterocycles. The van der Waals surface area contributed by atoms with Crippen LogP contribution in [0.25, 0.3) is 0 Å². The van der Waals surface area contributed by atoms with Crippen LogP contribution in [0.4, 0.5) is 0 Å². The lowest BCUT2D eigenvalue weighted by Crippen LogP contribution is -2.17. The molecule has 80 valence electrons. The third-order valence-electron chi connectivity index (χ3n) is 2.08. The maximum absolute atomic E-state index is 5.31. The van der Waals surface area contributed by atoms with E-state index in [1.807, 2.05) is 7.05 Å². The van der Waals surface area contributed by atoms with E-state index in [0.717, 1.165) is 11.4 Å². The summed E-state index contributed by atoms with van der Waals surface area (Å²) in [5.41, 5.74) is 1.03. The first-order chi connectivity index (χ1) is 6.41. The fourth-order valence-electron chi connectivity index (χ4n) is 1.62. The van der Waals surface area contributed by atoms with Crippen LogP contribution in [0, 0.1) is 0 Å². The summed E-state index contributed by atoms with van der Waals surface area (Å²) in [5, 5.41) is 4.24. The van der Waals surface area contributed by atoms with Crippen molar-refractivity contribution in [3.63, 3.8) is 0 Å². The second kappa shape index (κ2) is 3.52. The van der Waals surface area contributed by atoms with Crippen LogP contribution in [0.1, 0.15) is 26.5 Å². The van der Waals surface area contributed by atoms with Crippen LogP contribution in [-0.4, -0.2) is 24.0 Å². The Kier molecular flexibility index (Phi) is 2.73. The maximum atomic E-state index is 5.31. The zero-order chi connectivity index (χ0) is 10.9. The van der Waals surface area contributed by atoms with Gasteiger partial charge in [0.05, 0.1) is 19.9 Å². The minimum absolute atomic E-state index is 0.0100. The second-order valence-electron chi connectivity index (χ2n) is 4.26. The predicted octanol–water partition coefficient (Wildman–Crippen LogP) is 1.73. The number of hydrogen-bond donors (Lipinski definition) is 0. The van der Waals surface area contributed by atoms with Crippen LogP contribution in [0.15, 0.2) is 0 Å². The van der Waals surface area contributed by atoms with Gasteiger partial charge in [-0.3, -0.25) is 4.68 Å². The molecular weight excluding hydrogens is 180 g/mol. The average molecular weight is 198 g/mol. The number of nitrogens with zero attached hydrogens (tertiary/aromatic N) is 2. The van der Waals surface area contributed by atoms with Gasteiger partial charge in [0.15, 0.2) is 0 Å². The monoisotopic (exact) mass is 198 g/mol. The van der Waals surface area contributed by atoms with E-state index in [-0.39, 0.29) is 5.41 Å². The molecule has 0 unspecified atom stereocenters. The number of aryl methyl sites for hydroxylation is 1. The molecule has 0 fully saturated rings. The molecule has 1 aromatic rings. The Labute approximate surface area is 84.8 Å². The largest absolute Gasteiger partial charge is 0.490 e. The Balaban J connectivity index is 3.34. The number of methoxy groups -OCH3 is 2. The quantitative estimate of drug-likeness (QED) is 0.726. The van der Waals surface area contributed by atoms with Crippen molar-refractivity contribution in [3.05, 3.63) is 5.69 Å². The van der Waals surface area contributed by atoms with Gasteiger partial charge in [-0.2, -0.15) is 0 Å². The van der Waals surface area contributed by atoms with Crippen LogP contribution in [0.5, 0.6) is 11.6 Å². The van der Waals surface area contributed by atoms with Crippen molar-refractivity contribution in [3.8, 4) is 11.6 Å². The molecule has 4 heteroatoms. The summed E-state index contributed by atoms with van der Waals surface area (Å²) in [6, 6.07) is 0. The lowest BCUT2D eigenvalue weighted by molar-refractivity contribution is 0.342. The minimum atomic E-state index is -0.0100. The molecule has 4 nitrogen and oxygen atoms in total. The first-order valence-corrected chi connectivity index (χ1v) is 4.57. The third-order valence-corrected chi connectivity index (χ3v) is 2.08. The van der Waals surface area contributed by atoms with Gasteiger partial charge in [0.1, 0.15) is 0 Å². The van der Waals surface area contributed by atoms with Crippen LogP contribution < -0.4 is 9.47 Å². The van der Waals surface area contributed by atoms with Gasteiger partial charge in [-0.1, -0.05) is 20.8 Å². The highest BCUT2D eigenvalue weighted by Crippen LogP contribution is 2.37. The average Bonchev–Trinajstić information content (AvgIpc) is 2.40. The molecular formula is C10H18N2O2. The van der Waals surface area contributed by atoms with E-state index in [2.05, 4.69) is 25.9 Å². The third kappa shape index (κ3) is 1.69. The van der Waals surface area contributed by atoms with Crippen molar-refractivity contribution >= 4 is 0 Å². The number of aromatic nitrogens is 2. The van der Waals surface area contributed by atoms with Crippen LogP contribution in [0.2, 0.25) is 0 Å². The predicted molar refractivity (Wildman–Crippen MR) is 55.0 cm³/mol. The molecule has 0 spiro atoms. The molecule has 1 rings (SSSR count). The molecule has 0 aliphatic carbocycles. The highest BCUT2D eigenvalue weighted by molar-refractivity contribution is 5.42. The smallest absolute Gasteiger partial charge is 0.275 e. The number of rotatable bonds is 2. The summed E-state index contributed by atoms with van der Waals surface area (Å²) in [7, 11) is 5.12. The molecule has 0 saturated heterocycles. The molecule has 0 aliphatic rings. The van der Waals surface area contributed by atoms with Gasteiger partial charge in [0.2, 0.25) is 5.75 Å². The molecule has 0 aromatic carbocycles. The lowest BCUT2D eigenvalue weighted by Gasteiger charge is -2.19. The van der Waals surface area contributed by atoms with E-state index in [1.165, 1.54) is 0 Å². The van der Waals surface area contributed by atoms with E-state index in [9.17, 15) is 0 Å². The van der Waals surface area contributed by atoms with Gasteiger partial charge in [0, 0.05) is 12.5 Å². The van der Waals surface area contributed by atoms with Crippen molar-refractivity contribution in [1.29, 1.82) is 0 Å². The summed E-state index contributed by atoms with van der Waals surface area (Å²) in [6.45, 7) is 6.35. The lowest BCUT2D eigenvalue weighted by atomic mass is 9.91. The van der Waals surface area contributed by atoms with Gasteiger partial charge in [0.25, 0.3) is 5.88 Å². The number of hydrogen-bond acceptors (Lipinski definition) is 3. The van der Waals surface area contributed by atoms with E-state index in [4.69, 9.17) is 9.47 Å². The zero-order valence-corrected chi connectivity index (χ0v) is 9.71. The topological polar surface area (TPSA) is 36.3 Å². The fraction of sp³-hybridized carbons (Fsp3) is 0.700. The molecule has 0 saturated carbocycles. The Morgan fingerprint density at radius 1 is 1.14 bits per heavy atom. The Hall–Kier alpha value is -1.19. The first-order valence-electron chi connectivity index (χ1n) is 4.57. The molecule has 0 radical (unpaired) electrons. The van der Waals surface area contributed by atoms with Gasteiger partial charge in [-0.15, -0.1) is 5.10 Å². The fourth-order valence-corrected chi connectivity index (χ4v) is 1.62. The van der Waals surface area contributed by atoms with Gasteiger partial charge in [-0.05, 0) is 0 Å². The summed E-state index contributed by atoms with van der Waals surface area (Å²) in [4.78, 5) is 0. The molecule has 0 amide bonds. The molecule has 0 bridgehead atoms. The molecule has 0 atom stereocenters. The highest BCUT2D eigenvalue weighted by atomic mass is 16.5. The molecule has 1 heterocycles. The van der Waals surface area contributed by atoms with E-state index in [1.54, 1.807) is 18.9 Å². The summed E-state index contributed by atoms with van der Waals surface area (Å²) < 4.78 is 12.2. The molecule has 1 aromatic heterocycles.